The average molecular weight is 429 g/mol. The first-order valence-electron chi connectivity index (χ1n) is 9.06. The van der Waals surface area contributed by atoms with Crippen LogP contribution in [-0.2, 0) is 14.8 Å². The Bertz CT molecular complexity index is 1080. The van der Waals surface area contributed by atoms with Crippen LogP contribution in [0.2, 0.25) is 5.02 Å². The van der Waals surface area contributed by atoms with Crippen molar-refractivity contribution in [3.05, 3.63) is 89.4 Å². The first-order valence-corrected chi connectivity index (χ1v) is 10.9. The van der Waals surface area contributed by atoms with E-state index in [9.17, 15) is 13.2 Å². The van der Waals surface area contributed by atoms with Gasteiger partial charge in [0.1, 0.15) is 0 Å². The third-order valence-corrected chi connectivity index (χ3v) is 6.38. The fourth-order valence-electron chi connectivity index (χ4n) is 2.81. The van der Waals surface area contributed by atoms with E-state index in [0.29, 0.717) is 16.4 Å². The van der Waals surface area contributed by atoms with Crippen LogP contribution in [0.1, 0.15) is 12.0 Å². The number of hydrogen-bond acceptors (Lipinski definition) is 3. The van der Waals surface area contributed by atoms with Gasteiger partial charge in [-0.05, 0) is 49.4 Å². The topological polar surface area (TPSA) is 66.5 Å². The smallest absolute Gasteiger partial charge is 0.264 e. The molecule has 0 unspecified atom stereocenters. The summed E-state index contributed by atoms with van der Waals surface area (Å²) >= 11 is 5.94. The Balaban J connectivity index is 1.81. The van der Waals surface area contributed by atoms with Crippen molar-refractivity contribution in [2.24, 2.45) is 0 Å². The van der Waals surface area contributed by atoms with E-state index in [1.165, 1.54) is 4.31 Å². The van der Waals surface area contributed by atoms with Crippen LogP contribution in [-0.4, -0.2) is 20.9 Å². The zero-order valence-corrected chi connectivity index (χ0v) is 17.5. The molecule has 0 spiro atoms. The van der Waals surface area contributed by atoms with Crippen molar-refractivity contribution in [3.8, 4) is 0 Å². The van der Waals surface area contributed by atoms with Gasteiger partial charge in [-0.15, -0.1) is 0 Å². The molecule has 1 N–H and O–H groups in total. The minimum Gasteiger partial charge on any atom is -0.326 e. The highest BCUT2D eigenvalue weighted by Gasteiger charge is 2.25. The molecular formula is C22H21ClN2O3S. The van der Waals surface area contributed by atoms with Crippen LogP contribution >= 0.6 is 11.6 Å². The summed E-state index contributed by atoms with van der Waals surface area (Å²) in [6, 6.07) is 22.2. The van der Waals surface area contributed by atoms with Crippen LogP contribution in [0.15, 0.2) is 83.8 Å². The molecule has 5 nitrogen and oxygen atoms in total. The number of rotatable bonds is 7. The maximum absolute atomic E-state index is 13.2. The van der Waals surface area contributed by atoms with E-state index in [2.05, 4.69) is 5.32 Å². The predicted octanol–water partition coefficient (Wildman–Crippen LogP) is 4.87. The Morgan fingerprint density at radius 3 is 2.31 bits per heavy atom. The first-order chi connectivity index (χ1) is 13.9. The summed E-state index contributed by atoms with van der Waals surface area (Å²) in [5.74, 6) is -0.299. The SMILES string of the molecule is Cc1ccc(S(=O)(=O)N(CCC(=O)Nc2cccc(Cl)c2)c2ccccc2)cc1. The van der Waals surface area contributed by atoms with E-state index in [-0.39, 0.29) is 23.8 Å². The molecule has 1 amide bonds. The van der Waals surface area contributed by atoms with Gasteiger partial charge in [0.25, 0.3) is 10.0 Å². The lowest BCUT2D eigenvalue weighted by Crippen LogP contribution is -2.34. The fourth-order valence-corrected chi connectivity index (χ4v) is 4.47. The summed E-state index contributed by atoms with van der Waals surface area (Å²) in [4.78, 5) is 12.6. The summed E-state index contributed by atoms with van der Waals surface area (Å²) in [6.45, 7) is 1.90. The first kappa shape index (κ1) is 20.9. The van der Waals surface area contributed by atoms with Crippen molar-refractivity contribution in [1.82, 2.24) is 0 Å². The second kappa shape index (κ2) is 9.11. The van der Waals surface area contributed by atoms with Crippen molar-refractivity contribution in [1.29, 1.82) is 0 Å². The highest BCUT2D eigenvalue weighted by Crippen LogP contribution is 2.24. The second-order valence-electron chi connectivity index (χ2n) is 6.53. The Labute approximate surface area is 176 Å². The molecule has 3 aromatic rings. The Morgan fingerprint density at radius 1 is 0.966 bits per heavy atom. The van der Waals surface area contributed by atoms with Gasteiger partial charge in [0.05, 0.1) is 10.6 Å². The molecule has 0 saturated carbocycles. The van der Waals surface area contributed by atoms with E-state index in [1.54, 1.807) is 72.8 Å². The zero-order chi connectivity index (χ0) is 20.9. The number of amides is 1. The van der Waals surface area contributed by atoms with Gasteiger partial charge in [-0.1, -0.05) is 53.6 Å². The molecule has 0 heterocycles. The van der Waals surface area contributed by atoms with Crippen molar-refractivity contribution in [2.75, 3.05) is 16.2 Å². The van der Waals surface area contributed by atoms with Gasteiger partial charge in [0.15, 0.2) is 0 Å². The molecule has 3 rings (SSSR count). The van der Waals surface area contributed by atoms with E-state index in [4.69, 9.17) is 11.6 Å². The number of carbonyl (C=O) groups is 1. The molecule has 0 bridgehead atoms. The van der Waals surface area contributed by atoms with Gasteiger partial charge in [-0.3, -0.25) is 9.10 Å². The molecule has 7 heteroatoms. The van der Waals surface area contributed by atoms with Crippen LogP contribution in [0.25, 0.3) is 0 Å². The standard InChI is InChI=1S/C22H21ClN2O3S/c1-17-10-12-21(13-11-17)29(27,28)25(20-8-3-2-4-9-20)15-14-22(26)24-19-7-5-6-18(23)16-19/h2-13,16H,14-15H2,1H3,(H,24,26). The van der Waals surface area contributed by atoms with Crippen molar-refractivity contribution < 1.29 is 13.2 Å². The Morgan fingerprint density at radius 2 is 1.66 bits per heavy atom. The van der Waals surface area contributed by atoms with Gasteiger partial charge in [-0.2, -0.15) is 0 Å². The number of nitrogens with one attached hydrogen (secondary N) is 1. The lowest BCUT2D eigenvalue weighted by molar-refractivity contribution is -0.116. The number of carbonyl (C=O) groups excluding carboxylic acids is 1. The maximum Gasteiger partial charge on any atom is 0.264 e. The lowest BCUT2D eigenvalue weighted by atomic mass is 10.2. The molecule has 0 saturated heterocycles. The summed E-state index contributed by atoms with van der Waals surface area (Å²) in [5, 5.41) is 3.25. The number of aryl methyl sites for hydroxylation is 1. The number of hydrogen-bond donors (Lipinski definition) is 1. The number of nitrogens with zero attached hydrogens (tertiary/aromatic N) is 1. The molecule has 150 valence electrons. The molecule has 0 aliphatic heterocycles. The quantitative estimate of drug-likeness (QED) is 0.583. The number of benzene rings is 3. The van der Waals surface area contributed by atoms with Crippen LogP contribution in [0.3, 0.4) is 0 Å². The monoisotopic (exact) mass is 428 g/mol. The molecule has 0 aliphatic carbocycles. The van der Waals surface area contributed by atoms with E-state index < -0.39 is 10.0 Å². The van der Waals surface area contributed by atoms with Gasteiger partial charge < -0.3 is 5.32 Å². The van der Waals surface area contributed by atoms with Crippen LogP contribution in [0, 0.1) is 6.92 Å². The number of anilines is 2. The summed E-state index contributed by atoms with van der Waals surface area (Å²) < 4.78 is 27.7. The fraction of sp³-hybridized carbons (Fsp3) is 0.136. The Hall–Kier alpha value is -2.83. The summed E-state index contributed by atoms with van der Waals surface area (Å²) in [6.07, 6.45) is -0.00744. The van der Waals surface area contributed by atoms with Gasteiger partial charge in [-0.25, -0.2) is 8.42 Å². The molecule has 0 atom stereocenters. The highest BCUT2D eigenvalue weighted by molar-refractivity contribution is 7.92. The highest BCUT2D eigenvalue weighted by atomic mass is 35.5. The molecule has 0 aliphatic rings. The molecule has 0 fully saturated rings. The lowest BCUT2D eigenvalue weighted by Gasteiger charge is -2.24. The third kappa shape index (κ3) is 5.37. The van der Waals surface area contributed by atoms with Crippen LogP contribution in [0.4, 0.5) is 11.4 Å². The van der Waals surface area contributed by atoms with Crippen LogP contribution < -0.4 is 9.62 Å². The van der Waals surface area contributed by atoms with Gasteiger partial charge >= 0.3 is 0 Å². The number of para-hydroxylation sites is 1. The minimum absolute atomic E-state index is 0.00657. The molecule has 3 aromatic carbocycles. The van der Waals surface area contributed by atoms with Gasteiger partial charge in [0, 0.05) is 23.7 Å². The van der Waals surface area contributed by atoms with Gasteiger partial charge in [0.2, 0.25) is 5.91 Å². The molecule has 0 aromatic heterocycles. The summed E-state index contributed by atoms with van der Waals surface area (Å²) in [5.41, 5.74) is 2.04. The van der Waals surface area contributed by atoms with Crippen molar-refractivity contribution in [2.45, 2.75) is 18.2 Å². The molecule has 0 radical (unpaired) electrons. The van der Waals surface area contributed by atoms with Crippen molar-refractivity contribution >= 4 is 38.9 Å². The van der Waals surface area contributed by atoms with E-state index in [1.807, 2.05) is 13.0 Å². The molecule has 29 heavy (non-hydrogen) atoms. The minimum atomic E-state index is -3.81. The number of sulfonamides is 1. The third-order valence-electron chi connectivity index (χ3n) is 4.30. The zero-order valence-electron chi connectivity index (χ0n) is 15.9. The normalized spacial score (nSPS) is 11.1. The van der Waals surface area contributed by atoms with Crippen molar-refractivity contribution in [3.63, 3.8) is 0 Å². The summed E-state index contributed by atoms with van der Waals surface area (Å²) in [7, 11) is -3.81. The maximum atomic E-state index is 13.2. The van der Waals surface area contributed by atoms with Crippen LogP contribution in [0.5, 0.6) is 0 Å². The van der Waals surface area contributed by atoms with E-state index in [0.717, 1.165) is 5.56 Å². The number of halogens is 1. The molecular weight excluding hydrogens is 408 g/mol. The van der Waals surface area contributed by atoms with E-state index >= 15 is 0 Å². The largest absolute Gasteiger partial charge is 0.326 e. The average Bonchev–Trinajstić information content (AvgIpc) is 2.69. The second-order valence-corrected chi connectivity index (χ2v) is 8.83. The Kier molecular flexibility index (Phi) is 6.56. The predicted molar refractivity (Wildman–Crippen MR) is 117 cm³/mol.